The first-order valence-corrected chi connectivity index (χ1v) is 7.11. The molecule has 0 aliphatic rings. The van der Waals surface area contributed by atoms with Crippen LogP contribution in [0, 0.1) is 0 Å². The largest absolute Gasteiger partial charge is 0.413 e. The third kappa shape index (κ3) is 4.51. The Morgan fingerprint density at radius 2 is 2.12 bits per heavy atom. The van der Waals surface area contributed by atoms with Crippen LogP contribution in [0.15, 0.2) is 9.64 Å². The molecule has 17 heavy (non-hydrogen) atoms. The van der Waals surface area contributed by atoms with E-state index in [2.05, 4.69) is 15.5 Å². The van der Waals surface area contributed by atoms with Gasteiger partial charge >= 0.3 is 5.22 Å². The first kappa shape index (κ1) is 13.6. The molecule has 1 amide bonds. The molecule has 0 aromatic carbocycles. The molecule has 1 rings (SSSR count). The van der Waals surface area contributed by atoms with Crippen molar-refractivity contribution in [1.82, 2.24) is 15.5 Å². The first-order chi connectivity index (χ1) is 7.93. The zero-order valence-electron chi connectivity index (χ0n) is 9.76. The van der Waals surface area contributed by atoms with Gasteiger partial charge in [-0.05, 0) is 6.42 Å². The summed E-state index contributed by atoms with van der Waals surface area (Å²) >= 11 is 0. The number of aryl methyl sites for hydroxylation is 1. The van der Waals surface area contributed by atoms with Crippen molar-refractivity contribution in [2.75, 3.05) is 12.8 Å². The lowest BCUT2D eigenvalue weighted by Crippen LogP contribution is -2.23. The van der Waals surface area contributed by atoms with Gasteiger partial charge in [0.1, 0.15) is 0 Å². The highest BCUT2D eigenvalue weighted by Crippen LogP contribution is 2.07. The highest BCUT2D eigenvalue weighted by molar-refractivity contribution is 7.90. The van der Waals surface area contributed by atoms with Crippen LogP contribution in [0.25, 0.3) is 0 Å². The number of carbonyl (C=O) groups excluding carboxylic acids is 1. The second-order valence-corrected chi connectivity index (χ2v) is 5.43. The molecule has 0 bridgehead atoms. The molecule has 0 fully saturated rings. The maximum Gasteiger partial charge on any atom is 0.335 e. The molecule has 1 aromatic rings. The Kier molecular flexibility index (Phi) is 4.62. The summed E-state index contributed by atoms with van der Waals surface area (Å²) in [6.45, 7) is 2.27. The lowest BCUT2D eigenvalue weighted by Gasteiger charge is -2.00. The maximum atomic E-state index is 11.1. The van der Waals surface area contributed by atoms with E-state index in [1.54, 1.807) is 6.92 Å². The Bertz CT molecular complexity index is 480. The smallest absolute Gasteiger partial charge is 0.335 e. The van der Waals surface area contributed by atoms with E-state index in [-0.39, 0.29) is 17.0 Å². The van der Waals surface area contributed by atoms with Crippen LogP contribution in [0.2, 0.25) is 0 Å². The molecule has 0 aliphatic heterocycles. The number of nitrogens with zero attached hydrogens (tertiary/aromatic N) is 2. The minimum Gasteiger partial charge on any atom is -0.413 e. The number of amides is 1. The van der Waals surface area contributed by atoms with Crippen molar-refractivity contribution >= 4 is 15.7 Å². The summed E-state index contributed by atoms with van der Waals surface area (Å²) in [7, 11) is -3.44. The zero-order valence-corrected chi connectivity index (χ0v) is 10.6. The predicted molar refractivity (Wildman–Crippen MR) is 59.0 cm³/mol. The van der Waals surface area contributed by atoms with Gasteiger partial charge in [-0.1, -0.05) is 12.0 Å². The van der Waals surface area contributed by atoms with Gasteiger partial charge in [-0.15, -0.1) is 5.10 Å². The molecule has 1 N–H and O–H groups in total. The van der Waals surface area contributed by atoms with Gasteiger partial charge < -0.3 is 9.73 Å². The van der Waals surface area contributed by atoms with Gasteiger partial charge in [-0.2, -0.15) is 0 Å². The molecule has 1 aromatic heterocycles. The quantitative estimate of drug-likeness (QED) is 0.719. The second kappa shape index (κ2) is 5.76. The molecule has 1 heterocycles. The summed E-state index contributed by atoms with van der Waals surface area (Å²) in [5, 5.41) is 9.36. The van der Waals surface area contributed by atoms with Crippen LogP contribution in [0.3, 0.4) is 0 Å². The van der Waals surface area contributed by atoms with Crippen LogP contribution in [-0.2, 0) is 21.1 Å². The van der Waals surface area contributed by atoms with E-state index in [0.717, 1.165) is 6.26 Å². The van der Waals surface area contributed by atoms with E-state index in [1.807, 2.05) is 0 Å². The minimum absolute atomic E-state index is 0.0210. The van der Waals surface area contributed by atoms with Crippen molar-refractivity contribution < 1.29 is 17.6 Å². The first-order valence-electron chi connectivity index (χ1n) is 5.22. The van der Waals surface area contributed by atoms with Crippen LogP contribution in [0.5, 0.6) is 0 Å². The Morgan fingerprint density at radius 1 is 1.41 bits per heavy atom. The van der Waals surface area contributed by atoms with Crippen molar-refractivity contribution in [1.29, 1.82) is 0 Å². The van der Waals surface area contributed by atoms with E-state index in [9.17, 15) is 13.2 Å². The molecule has 0 saturated heterocycles. The molecule has 0 radical (unpaired) electrons. The molecule has 0 aliphatic carbocycles. The van der Waals surface area contributed by atoms with E-state index >= 15 is 0 Å². The molecular weight excluding hydrogens is 246 g/mol. The van der Waals surface area contributed by atoms with Gasteiger partial charge in [-0.3, -0.25) is 4.79 Å². The van der Waals surface area contributed by atoms with Gasteiger partial charge in [0.25, 0.3) is 0 Å². The molecule has 8 heteroatoms. The summed E-state index contributed by atoms with van der Waals surface area (Å²) < 4.78 is 27.1. The van der Waals surface area contributed by atoms with Gasteiger partial charge in [0.15, 0.2) is 0 Å². The monoisotopic (exact) mass is 261 g/mol. The maximum absolute atomic E-state index is 11.1. The number of nitrogens with one attached hydrogen (secondary N) is 1. The summed E-state index contributed by atoms with van der Waals surface area (Å²) in [5.74, 6) is 0.239. The Labute approximate surface area is 99.5 Å². The van der Waals surface area contributed by atoms with Crippen molar-refractivity contribution in [2.24, 2.45) is 0 Å². The van der Waals surface area contributed by atoms with Gasteiger partial charge in [0, 0.05) is 25.6 Å². The molecule has 0 atom stereocenters. The van der Waals surface area contributed by atoms with Gasteiger partial charge in [-0.25, -0.2) is 8.42 Å². The van der Waals surface area contributed by atoms with Crippen LogP contribution in [-0.4, -0.2) is 37.3 Å². The Hall–Kier alpha value is -1.44. The lowest BCUT2D eigenvalue weighted by atomic mass is 10.3. The topological polar surface area (TPSA) is 102 Å². The Morgan fingerprint density at radius 3 is 2.65 bits per heavy atom. The normalized spacial score (nSPS) is 11.4. The van der Waals surface area contributed by atoms with E-state index in [0.29, 0.717) is 25.8 Å². The van der Waals surface area contributed by atoms with E-state index in [4.69, 9.17) is 4.42 Å². The fourth-order valence-electron chi connectivity index (χ4n) is 1.08. The fourth-order valence-corrected chi connectivity index (χ4v) is 1.52. The summed E-state index contributed by atoms with van der Waals surface area (Å²) in [6.07, 6.45) is 2.51. The predicted octanol–water partition coefficient (Wildman–Crippen LogP) is -0.0681. The number of carbonyl (C=O) groups is 1. The summed E-state index contributed by atoms with van der Waals surface area (Å²) in [6, 6.07) is 0. The minimum atomic E-state index is -3.44. The van der Waals surface area contributed by atoms with Crippen LogP contribution < -0.4 is 5.32 Å². The zero-order chi connectivity index (χ0) is 12.9. The summed E-state index contributed by atoms with van der Waals surface area (Å²) in [5.41, 5.74) is 0. The third-order valence-corrected chi connectivity index (χ3v) is 2.78. The van der Waals surface area contributed by atoms with Crippen molar-refractivity contribution in [3.05, 3.63) is 5.89 Å². The SMILES string of the molecule is CCC(=O)NCCCc1nnc(S(C)(=O)=O)o1. The number of hydrogen-bond acceptors (Lipinski definition) is 6. The molecule has 7 nitrogen and oxygen atoms in total. The standard InChI is InChI=1S/C9H15N3O4S/c1-3-7(13)10-6-4-5-8-11-12-9(16-8)17(2,14)15/h3-6H2,1-2H3,(H,10,13). The highest BCUT2D eigenvalue weighted by atomic mass is 32.2. The third-order valence-electron chi connectivity index (χ3n) is 1.98. The van der Waals surface area contributed by atoms with E-state index in [1.165, 1.54) is 0 Å². The van der Waals surface area contributed by atoms with Crippen molar-refractivity contribution in [2.45, 2.75) is 31.4 Å². The van der Waals surface area contributed by atoms with E-state index < -0.39 is 9.84 Å². The lowest BCUT2D eigenvalue weighted by molar-refractivity contribution is -0.120. The average Bonchev–Trinajstić information content (AvgIpc) is 2.72. The number of aromatic nitrogens is 2. The number of rotatable bonds is 6. The number of hydrogen-bond donors (Lipinski definition) is 1. The van der Waals surface area contributed by atoms with Crippen LogP contribution in [0.4, 0.5) is 0 Å². The summed E-state index contributed by atoms with van der Waals surface area (Å²) in [4.78, 5) is 10.9. The molecule has 0 spiro atoms. The van der Waals surface area contributed by atoms with Gasteiger partial charge in [0.2, 0.25) is 21.6 Å². The number of sulfone groups is 1. The molecule has 96 valence electrons. The molecular formula is C9H15N3O4S. The molecule has 0 unspecified atom stereocenters. The average molecular weight is 261 g/mol. The Balaban J connectivity index is 2.38. The van der Waals surface area contributed by atoms with Crippen LogP contribution >= 0.6 is 0 Å². The van der Waals surface area contributed by atoms with Crippen LogP contribution in [0.1, 0.15) is 25.7 Å². The highest BCUT2D eigenvalue weighted by Gasteiger charge is 2.15. The van der Waals surface area contributed by atoms with Gasteiger partial charge in [0.05, 0.1) is 0 Å². The fraction of sp³-hybridized carbons (Fsp3) is 0.667. The second-order valence-electron chi connectivity index (χ2n) is 3.54. The van der Waals surface area contributed by atoms with Crippen molar-refractivity contribution in [3.8, 4) is 0 Å². The molecule has 0 saturated carbocycles. The van der Waals surface area contributed by atoms with Crippen molar-refractivity contribution in [3.63, 3.8) is 0 Å².